The van der Waals surface area contributed by atoms with E-state index in [1.54, 1.807) is 10.9 Å². The van der Waals surface area contributed by atoms with Crippen LogP contribution in [0.5, 0.6) is 0 Å². The van der Waals surface area contributed by atoms with Crippen LogP contribution in [-0.4, -0.2) is 18.2 Å². The summed E-state index contributed by atoms with van der Waals surface area (Å²) in [7, 11) is -3.75. The molecule has 2 heterocycles. The summed E-state index contributed by atoms with van der Waals surface area (Å²) in [6, 6.07) is 1.54. The third-order valence-electron chi connectivity index (χ3n) is 2.58. The summed E-state index contributed by atoms with van der Waals surface area (Å²) < 4.78 is 33.9. The Bertz CT molecular complexity index is 705. The molecule has 0 amide bonds. The van der Waals surface area contributed by atoms with E-state index in [0.717, 1.165) is 0 Å². The van der Waals surface area contributed by atoms with Gasteiger partial charge in [-0.05, 0) is 29.8 Å². The van der Waals surface area contributed by atoms with E-state index in [0.29, 0.717) is 11.4 Å². The Morgan fingerprint density at radius 3 is 2.75 bits per heavy atom. The predicted molar refractivity (Wildman–Crippen MR) is 77.7 cm³/mol. The fraction of sp³-hybridized carbons (Fsp3) is 0.364. The Labute approximate surface area is 125 Å². The first-order valence-electron chi connectivity index (χ1n) is 5.88. The lowest BCUT2D eigenvalue weighted by molar-refractivity contribution is 0.484. The molecule has 0 aliphatic heterocycles. The molecule has 20 heavy (non-hydrogen) atoms. The number of rotatable bonds is 5. The number of nitrogens with one attached hydrogen (secondary N) is 1. The molecule has 0 bridgehead atoms. The Kier molecular flexibility index (Phi) is 4.21. The highest BCUT2D eigenvalue weighted by Crippen LogP contribution is 2.27. The summed E-state index contributed by atoms with van der Waals surface area (Å²) in [4.78, 5) is 0.00949. The third kappa shape index (κ3) is 3.05. The zero-order chi connectivity index (χ0) is 14.9. The zero-order valence-corrected chi connectivity index (χ0v) is 13.4. The number of halogens is 1. The molecule has 0 fully saturated rings. The van der Waals surface area contributed by atoms with Crippen molar-refractivity contribution in [3.05, 3.63) is 28.9 Å². The third-order valence-corrected chi connectivity index (χ3v) is 4.82. The highest BCUT2D eigenvalue weighted by molar-refractivity contribution is 9.10. The first kappa shape index (κ1) is 15.1. The number of anilines is 1. The van der Waals surface area contributed by atoms with Crippen molar-refractivity contribution in [1.82, 2.24) is 9.78 Å². The van der Waals surface area contributed by atoms with E-state index in [4.69, 9.17) is 10.2 Å². The van der Waals surface area contributed by atoms with Crippen molar-refractivity contribution >= 4 is 31.6 Å². The molecular weight excluding hydrogens is 348 g/mol. The summed E-state index contributed by atoms with van der Waals surface area (Å²) >= 11 is 3.07. The first-order valence-corrected chi connectivity index (χ1v) is 8.16. The molecule has 0 aromatic carbocycles. The van der Waals surface area contributed by atoms with E-state index in [2.05, 4.69) is 25.8 Å². The van der Waals surface area contributed by atoms with Gasteiger partial charge in [0.1, 0.15) is 10.7 Å². The van der Waals surface area contributed by atoms with E-state index in [1.165, 1.54) is 12.3 Å². The maximum absolute atomic E-state index is 12.3. The minimum absolute atomic E-state index is 0.00949. The standard InChI is InChI=1S/C11H15BrN4O3S/c1-7(2)16-6-8(5-14-16)15-20(17,18)10-3-9(4-13)19-11(10)12/h3,5-7,15H,4,13H2,1-2H3. The average Bonchev–Trinajstić information content (AvgIpc) is 2.95. The van der Waals surface area contributed by atoms with E-state index in [1.807, 2.05) is 13.8 Å². The largest absolute Gasteiger partial charge is 0.452 e. The zero-order valence-electron chi connectivity index (χ0n) is 11.0. The van der Waals surface area contributed by atoms with Gasteiger partial charge in [0.2, 0.25) is 0 Å². The van der Waals surface area contributed by atoms with Gasteiger partial charge in [0.05, 0.1) is 18.4 Å². The molecule has 0 spiro atoms. The monoisotopic (exact) mass is 362 g/mol. The maximum atomic E-state index is 12.3. The van der Waals surface area contributed by atoms with Crippen LogP contribution in [0.4, 0.5) is 5.69 Å². The quantitative estimate of drug-likeness (QED) is 0.847. The fourth-order valence-electron chi connectivity index (χ4n) is 1.56. The van der Waals surface area contributed by atoms with Crippen LogP contribution in [0, 0.1) is 0 Å². The molecule has 7 nitrogen and oxygen atoms in total. The maximum Gasteiger partial charge on any atom is 0.266 e. The van der Waals surface area contributed by atoms with Crippen LogP contribution < -0.4 is 10.5 Å². The molecule has 9 heteroatoms. The smallest absolute Gasteiger partial charge is 0.266 e. The second-order valence-electron chi connectivity index (χ2n) is 4.46. The van der Waals surface area contributed by atoms with E-state index < -0.39 is 10.0 Å². The summed E-state index contributed by atoms with van der Waals surface area (Å²) in [5.74, 6) is 0.384. The molecule has 0 aliphatic carbocycles. The van der Waals surface area contributed by atoms with Crippen LogP contribution in [0.1, 0.15) is 25.6 Å². The summed E-state index contributed by atoms with van der Waals surface area (Å²) in [5, 5.41) is 4.07. The van der Waals surface area contributed by atoms with Crippen molar-refractivity contribution < 1.29 is 12.8 Å². The van der Waals surface area contributed by atoms with Gasteiger partial charge in [-0.3, -0.25) is 9.40 Å². The van der Waals surface area contributed by atoms with Crippen LogP contribution in [0.15, 0.2) is 32.4 Å². The molecule has 0 saturated carbocycles. The summed E-state index contributed by atoms with van der Waals surface area (Å²) in [6.07, 6.45) is 3.08. The molecule has 0 aliphatic rings. The van der Waals surface area contributed by atoms with Crippen molar-refractivity contribution in [2.75, 3.05) is 4.72 Å². The van der Waals surface area contributed by atoms with Gasteiger partial charge in [0.25, 0.3) is 10.0 Å². The fourth-order valence-corrected chi connectivity index (χ4v) is 3.59. The van der Waals surface area contributed by atoms with Crippen LogP contribution >= 0.6 is 15.9 Å². The second-order valence-corrected chi connectivity index (χ2v) is 6.83. The Morgan fingerprint density at radius 1 is 1.55 bits per heavy atom. The summed E-state index contributed by atoms with van der Waals surface area (Å²) in [5.41, 5.74) is 5.81. The Hall–Kier alpha value is -1.32. The molecule has 3 N–H and O–H groups in total. The topological polar surface area (TPSA) is 103 Å². The molecule has 0 saturated heterocycles. The minimum atomic E-state index is -3.75. The molecule has 2 aromatic rings. The molecule has 2 aromatic heterocycles. The molecule has 2 rings (SSSR count). The van der Waals surface area contributed by atoms with Crippen LogP contribution in [0.25, 0.3) is 0 Å². The van der Waals surface area contributed by atoms with E-state index in [-0.39, 0.29) is 22.2 Å². The van der Waals surface area contributed by atoms with Gasteiger partial charge in [-0.25, -0.2) is 8.42 Å². The van der Waals surface area contributed by atoms with E-state index >= 15 is 0 Å². The predicted octanol–water partition coefficient (Wildman–Crippen LogP) is 2.08. The van der Waals surface area contributed by atoms with Crippen molar-refractivity contribution in [2.45, 2.75) is 31.3 Å². The minimum Gasteiger partial charge on any atom is -0.452 e. The van der Waals surface area contributed by atoms with Gasteiger partial charge in [-0.2, -0.15) is 5.10 Å². The van der Waals surface area contributed by atoms with Crippen molar-refractivity contribution in [1.29, 1.82) is 0 Å². The van der Waals surface area contributed by atoms with E-state index in [9.17, 15) is 8.42 Å². The van der Waals surface area contributed by atoms with Crippen molar-refractivity contribution in [2.24, 2.45) is 5.73 Å². The molecule has 0 radical (unpaired) electrons. The summed E-state index contributed by atoms with van der Waals surface area (Å²) in [6.45, 7) is 4.02. The van der Waals surface area contributed by atoms with Crippen molar-refractivity contribution in [3.8, 4) is 0 Å². The number of hydrogen-bond donors (Lipinski definition) is 2. The molecular formula is C11H15BrN4O3S. The Balaban J connectivity index is 2.28. The van der Waals surface area contributed by atoms with Crippen molar-refractivity contribution in [3.63, 3.8) is 0 Å². The average molecular weight is 363 g/mol. The lowest BCUT2D eigenvalue weighted by atomic mass is 10.4. The highest BCUT2D eigenvalue weighted by atomic mass is 79.9. The lowest BCUT2D eigenvalue weighted by Crippen LogP contribution is -2.12. The Morgan fingerprint density at radius 2 is 2.25 bits per heavy atom. The number of sulfonamides is 1. The first-order chi connectivity index (χ1) is 9.33. The number of nitrogens with zero attached hydrogens (tertiary/aromatic N) is 2. The van der Waals surface area contributed by atoms with Gasteiger partial charge >= 0.3 is 0 Å². The second kappa shape index (κ2) is 5.58. The van der Waals surface area contributed by atoms with Crippen LogP contribution in [0.3, 0.4) is 0 Å². The normalized spacial score (nSPS) is 12.1. The number of hydrogen-bond acceptors (Lipinski definition) is 5. The molecule has 0 unspecified atom stereocenters. The van der Waals surface area contributed by atoms with Crippen LogP contribution in [0.2, 0.25) is 0 Å². The number of furan rings is 1. The number of nitrogens with two attached hydrogens (primary N) is 1. The molecule has 0 atom stereocenters. The molecule has 110 valence electrons. The van der Waals surface area contributed by atoms with Crippen LogP contribution in [-0.2, 0) is 16.6 Å². The highest BCUT2D eigenvalue weighted by Gasteiger charge is 2.23. The van der Waals surface area contributed by atoms with Gasteiger partial charge < -0.3 is 10.2 Å². The number of aromatic nitrogens is 2. The van der Waals surface area contributed by atoms with Gasteiger partial charge in [0.15, 0.2) is 4.67 Å². The lowest BCUT2D eigenvalue weighted by Gasteiger charge is -2.05. The van der Waals surface area contributed by atoms with Gasteiger partial charge in [-0.1, -0.05) is 0 Å². The van der Waals surface area contributed by atoms with Gasteiger partial charge in [0, 0.05) is 18.3 Å². The van der Waals surface area contributed by atoms with Gasteiger partial charge in [-0.15, -0.1) is 0 Å². The SMILES string of the molecule is CC(C)n1cc(NS(=O)(=O)c2cc(CN)oc2Br)cn1.